The quantitative estimate of drug-likeness (QED) is 0.255. The van der Waals surface area contributed by atoms with Crippen molar-refractivity contribution < 1.29 is 24.0 Å². The molecule has 13 nitrogen and oxygen atoms in total. The monoisotopic (exact) mass is 649 g/mol. The highest BCUT2D eigenvalue weighted by molar-refractivity contribution is 6.36. The fourth-order valence-corrected chi connectivity index (χ4v) is 9.59. The Bertz CT molecular complexity index is 1640. The van der Waals surface area contributed by atoms with Crippen LogP contribution in [0.1, 0.15) is 90.1 Å². The highest BCUT2D eigenvalue weighted by atomic mass is 16.2. The minimum Gasteiger partial charge on any atom is -0.350 e. The Morgan fingerprint density at radius 2 is 1.72 bits per heavy atom. The molecule has 4 aliphatic carbocycles. The molecular formula is C34H47N7O6. The van der Waals surface area contributed by atoms with Crippen LogP contribution in [0.5, 0.6) is 0 Å². The van der Waals surface area contributed by atoms with Crippen molar-refractivity contribution in [2.24, 2.45) is 29.2 Å². The Morgan fingerprint density at radius 1 is 1.04 bits per heavy atom. The number of carbonyl (C=O) groups is 5. The molecule has 2 unspecified atom stereocenters. The van der Waals surface area contributed by atoms with Gasteiger partial charge in [0.15, 0.2) is 0 Å². The number of likely N-dealkylation sites (N-methyl/N-ethyl adjacent to an activating group) is 1. The molecule has 0 aliphatic heterocycles. The molecule has 4 aliphatic rings. The number of nitrogens with zero attached hydrogens (tertiary/aromatic N) is 3. The molecule has 4 fully saturated rings. The number of Topliss-reactive ketones (excluding diaryl/α,β-unsaturated/α-hetero) is 1. The summed E-state index contributed by atoms with van der Waals surface area (Å²) >= 11 is 0. The summed E-state index contributed by atoms with van der Waals surface area (Å²) < 4.78 is 2.72. The summed E-state index contributed by atoms with van der Waals surface area (Å²) in [5.74, 6) is -2.59. The zero-order chi connectivity index (χ0) is 34.4. The van der Waals surface area contributed by atoms with Gasteiger partial charge in [-0.25, -0.2) is 4.98 Å². The van der Waals surface area contributed by atoms with Crippen molar-refractivity contribution in [2.75, 3.05) is 11.9 Å². The van der Waals surface area contributed by atoms with Crippen molar-refractivity contribution in [3.63, 3.8) is 0 Å². The second-order valence-electron chi connectivity index (χ2n) is 15.1. The average Bonchev–Trinajstić information content (AvgIpc) is 3.40. The Kier molecular flexibility index (Phi) is 8.97. The number of carbonyl (C=O) groups excluding carboxylic acids is 5. The number of ketones is 1. The number of rotatable bonds is 12. The maximum Gasteiger partial charge on any atom is 0.287 e. The van der Waals surface area contributed by atoms with E-state index in [1.807, 2.05) is 0 Å². The summed E-state index contributed by atoms with van der Waals surface area (Å²) in [6.45, 7) is 11.1. The van der Waals surface area contributed by atoms with Gasteiger partial charge in [0, 0.05) is 31.7 Å². The normalized spacial score (nSPS) is 29.5. The number of hydrogen-bond donors (Lipinski definition) is 4. The number of aromatic nitrogens is 3. The van der Waals surface area contributed by atoms with Crippen LogP contribution in [0.4, 0.5) is 5.69 Å². The molecule has 4 saturated carbocycles. The van der Waals surface area contributed by atoms with Crippen LogP contribution in [0.2, 0.25) is 0 Å². The van der Waals surface area contributed by atoms with Gasteiger partial charge in [-0.2, -0.15) is 0 Å². The number of hydrogen-bond acceptors (Lipinski definition) is 7. The number of anilines is 1. The van der Waals surface area contributed by atoms with Gasteiger partial charge in [0.05, 0.1) is 12.5 Å². The van der Waals surface area contributed by atoms with Crippen molar-refractivity contribution in [1.29, 1.82) is 0 Å². The van der Waals surface area contributed by atoms with Crippen molar-refractivity contribution >= 4 is 35.1 Å². The molecule has 47 heavy (non-hydrogen) atoms. The van der Waals surface area contributed by atoms with Crippen molar-refractivity contribution in [3.05, 3.63) is 46.9 Å². The number of imidazole rings is 1. The lowest BCUT2D eigenvalue weighted by atomic mass is 9.35. The minimum absolute atomic E-state index is 0.0868. The molecular weight excluding hydrogens is 602 g/mol. The van der Waals surface area contributed by atoms with E-state index in [1.54, 1.807) is 20.0 Å². The molecule has 2 heterocycles. The SMILES string of the molecule is CCNC(=O)C(=O)CC[C@H](NC(=O)c1cncn1C)C(=O)Nc1cccn(CC(=O)NC23CC4(C)CC(C)(C2)C(C)C(C)(C4)C3)c1=O. The first-order valence-corrected chi connectivity index (χ1v) is 16.4. The maximum atomic E-state index is 13.5. The van der Waals surface area contributed by atoms with Gasteiger partial charge in [0.25, 0.3) is 17.4 Å². The van der Waals surface area contributed by atoms with Crippen LogP contribution < -0.4 is 26.8 Å². The Labute approximate surface area is 274 Å². The predicted molar refractivity (Wildman–Crippen MR) is 174 cm³/mol. The van der Waals surface area contributed by atoms with Crippen molar-refractivity contribution in [3.8, 4) is 0 Å². The lowest BCUT2D eigenvalue weighted by molar-refractivity contribution is -0.198. The Morgan fingerprint density at radius 3 is 2.34 bits per heavy atom. The molecule has 13 heteroatoms. The van der Waals surface area contributed by atoms with Crippen LogP contribution in [0, 0.1) is 22.2 Å². The number of aryl methyl sites for hydroxylation is 1. The maximum absolute atomic E-state index is 13.5. The van der Waals surface area contributed by atoms with Crippen LogP contribution in [0.15, 0.2) is 35.6 Å². The molecule has 254 valence electrons. The Balaban J connectivity index is 1.29. The molecule has 3 atom stereocenters. The van der Waals surface area contributed by atoms with Gasteiger partial charge >= 0.3 is 0 Å². The summed E-state index contributed by atoms with van der Waals surface area (Å²) in [4.78, 5) is 81.6. The van der Waals surface area contributed by atoms with E-state index < -0.39 is 35.1 Å². The molecule has 0 aromatic carbocycles. The average molecular weight is 650 g/mol. The number of nitrogens with one attached hydrogen (secondary N) is 4. The van der Waals surface area contributed by atoms with Gasteiger partial charge in [0.1, 0.15) is 24.0 Å². The first kappa shape index (κ1) is 34.1. The van der Waals surface area contributed by atoms with E-state index in [2.05, 4.69) is 53.9 Å². The molecule has 0 radical (unpaired) electrons. The zero-order valence-electron chi connectivity index (χ0n) is 28.2. The van der Waals surface area contributed by atoms with Gasteiger partial charge in [0.2, 0.25) is 17.6 Å². The zero-order valence-corrected chi connectivity index (χ0v) is 28.2. The van der Waals surface area contributed by atoms with Crippen LogP contribution >= 0.6 is 0 Å². The van der Waals surface area contributed by atoms with E-state index in [9.17, 15) is 28.8 Å². The van der Waals surface area contributed by atoms with E-state index in [0.717, 1.165) is 32.1 Å². The number of amides is 4. The molecule has 4 N–H and O–H groups in total. The highest BCUT2D eigenvalue weighted by Gasteiger charge is 2.67. The molecule has 0 saturated heterocycles. The van der Waals surface area contributed by atoms with E-state index in [4.69, 9.17) is 0 Å². The standard InChI is InChI=1S/C34H47N7O6/c1-7-36-29(46)25(42)11-10-22(37-28(45)24-13-35-20-40(24)6)27(44)38-23-9-8-12-41(30(23)47)14-26(43)39-34-17-31(3)15-32(4,18-34)21(2)33(5,16-31)19-34/h8-9,12-13,20-22H,7,10-11,14-19H2,1-6H3,(H,36,46)(H,37,45)(H,38,44)(H,39,43)/t21?,22-,31?,32?,33?,34?/m0/s1. The fourth-order valence-electron chi connectivity index (χ4n) is 9.59. The third-order valence-electron chi connectivity index (χ3n) is 10.9. The largest absolute Gasteiger partial charge is 0.350 e. The smallest absolute Gasteiger partial charge is 0.287 e. The lowest BCUT2D eigenvalue weighted by Crippen LogP contribution is -2.70. The van der Waals surface area contributed by atoms with Gasteiger partial charge in [-0.1, -0.05) is 27.7 Å². The Hall–Kier alpha value is -4.29. The predicted octanol–water partition coefficient (Wildman–Crippen LogP) is 2.31. The van der Waals surface area contributed by atoms with Crippen LogP contribution in [-0.4, -0.2) is 61.7 Å². The third-order valence-corrected chi connectivity index (χ3v) is 10.9. The van der Waals surface area contributed by atoms with E-state index in [0.29, 0.717) is 5.92 Å². The molecule has 0 spiro atoms. The number of pyridine rings is 1. The molecule has 2 aromatic rings. The summed E-state index contributed by atoms with van der Waals surface area (Å²) in [7, 11) is 1.61. The van der Waals surface area contributed by atoms with Gasteiger partial charge < -0.3 is 30.4 Å². The summed E-state index contributed by atoms with van der Waals surface area (Å²) in [6, 6.07) is 1.72. The van der Waals surface area contributed by atoms with Crippen LogP contribution in [0.3, 0.4) is 0 Å². The van der Waals surface area contributed by atoms with Crippen molar-refractivity contribution in [1.82, 2.24) is 30.1 Å². The second-order valence-corrected chi connectivity index (χ2v) is 15.1. The fraction of sp³-hybridized carbons (Fsp3) is 0.618. The van der Waals surface area contributed by atoms with E-state index in [1.165, 1.54) is 33.9 Å². The molecule has 6 rings (SSSR count). The first-order chi connectivity index (χ1) is 22.0. The third kappa shape index (κ3) is 6.75. The molecule has 2 aromatic heterocycles. The summed E-state index contributed by atoms with van der Waals surface area (Å²) in [5, 5.41) is 10.9. The summed E-state index contributed by atoms with van der Waals surface area (Å²) in [5.41, 5.74) is -0.380. The lowest BCUT2D eigenvalue weighted by Gasteiger charge is -2.72. The van der Waals surface area contributed by atoms with E-state index >= 15 is 0 Å². The highest BCUT2D eigenvalue weighted by Crippen LogP contribution is 2.72. The first-order valence-electron chi connectivity index (χ1n) is 16.4. The topological polar surface area (TPSA) is 173 Å². The van der Waals surface area contributed by atoms with Gasteiger partial charge in [-0.15, -0.1) is 0 Å². The van der Waals surface area contributed by atoms with Gasteiger partial charge in [-0.05, 0) is 79.7 Å². The molecule has 4 bridgehead atoms. The second kappa shape index (κ2) is 12.4. The minimum atomic E-state index is -1.25. The van der Waals surface area contributed by atoms with Crippen LogP contribution in [-0.2, 0) is 32.8 Å². The van der Waals surface area contributed by atoms with Gasteiger partial charge in [-0.3, -0.25) is 28.8 Å². The van der Waals surface area contributed by atoms with Crippen LogP contribution in [0.25, 0.3) is 0 Å². The van der Waals surface area contributed by atoms with Crippen molar-refractivity contribution in [2.45, 2.75) is 97.7 Å². The summed E-state index contributed by atoms with van der Waals surface area (Å²) in [6.07, 6.45) is 8.80. The van der Waals surface area contributed by atoms with E-state index in [-0.39, 0.29) is 65.0 Å². The molecule has 4 amide bonds.